The van der Waals surface area contributed by atoms with Gasteiger partial charge in [0.2, 0.25) is 0 Å². The van der Waals surface area contributed by atoms with Gasteiger partial charge < -0.3 is 19.8 Å². The molecule has 0 aliphatic rings. The molecule has 0 radical (unpaired) electrons. The lowest BCUT2D eigenvalue weighted by atomic mass is 10.1. The van der Waals surface area contributed by atoms with Crippen molar-refractivity contribution in [2.24, 2.45) is 0 Å². The molecule has 0 aliphatic carbocycles. The van der Waals surface area contributed by atoms with Gasteiger partial charge in [-0.05, 0) is 61.2 Å². The van der Waals surface area contributed by atoms with Gasteiger partial charge in [0.05, 0.1) is 5.56 Å². The maximum absolute atomic E-state index is 12.3. The van der Waals surface area contributed by atoms with E-state index >= 15 is 0 Å². The van der Waals surface area contributed by atoms with Crippen molar-refractivity contribution in [2.45, 2.75) is 26.2 Å². The number of carboxylic acids is 2. The van der Waals surface area contributed by atoms with Gasteiger partial charge >= 0.3 is 17.9 Å². The molecule has 0 atom stereocenters. The van der Waals surface area contributed by atoms with Crippen LogP contribution in [-0.2, 0) is 22.4 Å². The van der Waals surface area contributed by atoms with E-state index in [1.165, 1.54) is 11.1 Å². The predicted molar refractivity (Wildman–Crippen MR) is 143 cm³/mol. The van der Waals surface area contributed by atoms with Crippen molar-refractivity contribution in [1.29, 1.82) is 0 Å². The van der Waals surface area contributed by atoms with Crippen LogP contribution in [0.1, 0.15) is 34.8 Å². The van der Waals surface area contributed by atoms with Gasteiger partial charge in [-0.3, -0.25) is 0 Å². The number of benzene rings is 3. The van der Waals surface area contributed by atoms with Crippen LogP contribution in [0.5, 0.6) is 5.75 Å². The van der Waals surface area contributed by atoms with E-state index in [1.54, 1.807) is 12.1 Å². The van der Waals surface area contributed by atoms with E-state index in [4.69, 9.17) is 14.9 Å². The molecule has 0 heterocycles. The van der Waals surface area contributed by atoms with Crippen LogP contribution >= 0.6 is 0 Å². The molecule has 0 saturated carbocycles. The number of rotatable bonds is 12. The topological polar surface area (TPSA) is 104 Å². The standard InChI is InChI=1S/C26H29NO2.C4H4O4/c1-2-18-27(19-16-22-10-5-3-6-11-22)20-17-23-12-9-15-25(21-23)29-26(28)24-13-7-4-8-14-24;5-3(6)1-2-4(7)8/h3-15,21H,2,16-20H2,1H3;1-2H,(H,5,6)(H,7,8)/b;2-1+. The molecule has 7 nitrogen and oxygen atoms in total. The highest BCUT2D eigenvalue weighted by Gasteiger charge is 2.09. The van der Waals surface area contributed by atoms with Gasteiger partial charge in [-0.1, -0.05) is 67.6 Å². The van der Waals surface area contributed by atoms with Gasteiger partial charge in [0, 0.05) is 25.2 Å². The molecule has 0 amide bonds. The van der Waals surface area contributed by atoms with Crippen LogP contribution in [0.4, 0.5) is 0 Å². The highest BCUT2D eigenvalue weighted by atomic mass is 16.5. The summed E-state index contributed by atoms with van der Waals surface area (Å²) >= 11 is 0. The largest absolute Gasteiger partial charge is 0.478 e. The summed E-state index contributed by atoms with van der Waals surface area (Å²) in [6, 6.07) is 27.6. The molecule has 7 heteroatoms. The van der Waals surface area contributed by atoms with Crippen LogP contribution in [0.25, 0.3) is 0 Å². The number of ether oxygens (including phenoxy) is 1. The first-order valence-corrected chi connectivity index (χ1v) is 12.1. The lowest BCUT2D eigenvalue weighted by Gasteiger charge is -2.22. The quantitative estimate of drug-likeness (QED) is 0.201. The molecule has 194 valence electrons. The zero-order chi connectivity index (χ0) is 26.9. The van der Waals surface area contributed by atoms with Crippen LogP contribution < -0.4 is 4.74 Å². The van der Waals surface area contributed by atoms with Gasteiger partial charge in [-0.15, -0.1) is 0 Å². The van der Waals surface area contributed by atoms with Crippen LogP contribution in [0.3, 0.4) is 0 Å². The van der Waals surface area contributed by atoms with Gasteiger partial charge in [-0.2, -0.15) is 0 Å². The van der Waals surface area contributed by atoms with Gasteiger partial charge in [0.25, 0.3) is 0 Å². The summed E-state index contributed by atoms with van der Waals surface area (Å²) in [5.74, 6) is -2.24. The van der Waals surface area contributed by atoms with E-state index in [1.807, 2.05) is 36.4 Å². The van der Waals surface area contributed by atoms with E-state index in [9.17, 15) is 14.4 Å². The average Bonchev–Trinajstić information content (AvgIpc) is 2.91. The molecule has 0 unspecified atom stereocenters. The second-order valence-electron chi connectivity index (χ2n) is 8.24. The molecule has 3 rings (SSSR count). The molecule has 0 saturated heterocycles. The summed E-state index contributed by atoms with van der Waals surface area (Å²) in [6.07, 6.45) is 4.26. The maximum Gasteiger partial charge on any atom is 0.343 e. The third-order valence-corrected chi connectivity index (χ3v) is 5.30. The van der Waals surface area contributed by atoms with Crippen molar-refractivity contribution in [3.63, 3.8) is 0 Å². The fraction of sp³-hybridized carbons (Fsp3) is 0.233. The van der Waals surface area contributed by atoms with Crippen molar-refractivity contribution < 1.29 is 29.3 Å². The first kappa shape index (κ1) is 29.0. The fourth-order valence-electron chi connectivity index (χ4n) is 3.52. The van der Waals surface area contributed by atoms with E-state index in [2.05, 4.69) is 48.2 Å². The fourth-order valence-corrected chi connectivity index (χ4v) is 3.52. The summed E-state index contributed by atoms with van der Waals surface area (Å²) < 4.78 is 5.55. The minimum atomic E-state index is -1.26. The lowest BCUT2D eigenvalue weighted by Crippen LogP contribution is -2.29. The summed E-state index contributed by atoms with van der Waals surface area (Å²) in [5, 5.41) is 15.6. The Balaban J connectivity index is 0.000000521. The lowest BCUT2D eigenvalue weighted by molar-refractivity contribution is -0.134. The maximum atomic E-state index is 12.3. The van der Waals surface area contributed by atoms with E-state index in [-0.39, 0.29) is 5.97 Å². The Morgan fingerprint density at radius 1 is 0.730 bits per heavy atom. The highest BCUT2D eigenvalue weighted by molar-refractivity contribution is 5.91. The number of carbonyl (C=O) groups excluding carboxylic acids is 1. The number of aliphatic carboxylic acids is 2. The third-order valence-electron chi connectivity index (χ3n) is 5.30. The number of hydrogen-bond donors (Lipinski definition) is 2. The molecule has 0 aliphatic heterocycles. The van der Waals surface area contributed by atoms with Gasteiger partial charge in [-0.25, -0.2) is 14.4 Å². The average molecular weight is 504 g/mol. The summed E-state index contributed by atoms with van der Waals surface area (Å²) in [4.78, 5) is 33.9. The third kappa shape index (κ3) is 12.3. The number of carboxylic acid groups (broad SMARTS) is 2. The Morgan fingerprint density at radius 3 is 1.84 bits per heavy atom. The molecule has 2 N–H and O–H groups in total. The Hall–Kier alpha value is -4.23. The Labute approximate surface area is 217 Å². The minimum absolute atomic E-state index is 0.321. The summed E-state index contributed by atoms with van der Waals surface area (Å²) in [5.41, 5.74) is 3.13. The van der Waals surface area contributed by atoms with Crippen molar-refractivity contribution in [3.05, 3.63) is 114 Å². The zero-order valence-electron chi connectivity index (χ0n) is 21.0. The second-order valence-corrected chi connectivity index (χ2v) is 8.24. The Kier molecular flexibility index (Phi) is 12.9. The molecule has 3 aromatic rings. The van der Waals surface area contributed by atoms with E-state index in [0.717, 1.165) is 38.9 Å². The first-order chi connectivity index (χ1) is 17.9. The molecular formula is C30H33NO6. The predicted octanol–water partition coefficient (Wildman–Crippen LogP) is 5.11. The summed E-state index contributed by atoms with van der Waals surface area (Å²) in [6.45, 7) is 5.37. The SMILES string of the molecule is CCCN(CCc1ccccc1)CCc1cccc(OC(=O)c2ccccc2)c1.O=C(O)/C=C/C(=O)O. The smallest absolute Gasteiger partial charge is 0.343 e. The molecule has 0 bridgehead atoms. The van der Waals surface area contributed by atoms with Crippen LogP contribution in [-0.4, -0.2) is 52.7 Å². The van der Waals surface area contributed by atoms with Gasteiger partial charge in [0.1, 0.15) is 5.75 Å². The summed E-state index contributed by atoms with van der Waals surface area (Å²) in [7, 11) is 0. The number of nitrogens with zero attached hydrogens (tertiary/aromatic N) is 1. The van der Waals surface area contributed by atoms with Crippen molar-refractivity contribution in [2.75, 3.05) is 19.6 Å². The molecular weight excluding hydrogens is 470 g/mol. The first-order valence-electron chi connectivity index (χ1n) is 12.1. The van der Waals surface area contributed by atoms with E-state index < -0.39 is 11.9 Å². The highest BCUT2D eigenvalue weighted by Crippen LogP contribution is 2.16. The minimum Gasteiger partial charge on any atom is -0.478 e. The molecule has 37 heavy (non-hydrogen) atoms. The van der Waals surface area contributed by atoms with Crippen LogP contribution in [0.2, 0.25) is 0 Å². The second kappa shape index (κ2) is 16.4. The molecule has 0 spiro atoms. The number of carbonyl (C=O) groups is 3. The van der Waals surface area contributed by atoms with Crippen molar-refractivity contribution >= 4 is 17.9 Å². The number of hydrogen-bond acceptors (Lipinski definition) is 5. The Morgan fingerprint density at radius 2 is 1.27 bits per heavy atom. The van der Waals surface area contributed by atoms with Crippen molar-refractivity contribution in [3.8, 4) is 5.75 Å². The zero-order valence-corrected chi connectivity index (χ0v) is 21.0. The Bertz CT molecular complexity index is 1130. The molecule has 3 aromatic carbocycles. The van der Waals surface area contributed by atoms with Gasteiger partial charge in [0.15, 0.2) is 0 Å². The monoisotopic (exact) mass is 503 g/mol. The normalized spacial score (nSPS) is 10.5. The van der Waals surface area contributed by atoms with Crippen LogP contribution in [0.15, 0.2) is 97.1 Å². The van der Waals surface area contributed by atoms with Crippen molar-refractivity contribution in [1.82, 2.24) is 4.90 Å². The molecule has 0 fully saturated rings. The number of esters is 1. The van der Waals surface area contributed by atoms with Crippen LogP contribution in [0, 0.1) is 0 Å². The molecule has 0 aromatic heterocycles. The van der Waals surface area contributed by atoms with E-state index in [0.29, 0.717) is 23.5 Å².